The number of carbonyl (C=O) groups is 2. The van der Waals surface area contributed by atoms with Crippen LogP contribution in [0.3, 0.4) is 0 Å². The number of rotatable bonds is 3. The number of carboxylic acids is 1. The molecule has 0 saturated carbocycles. The van der Waals surface area contributed by atoms with Crippen molar-refractivity contribution in [2.45, 2.75) is 32.4 Å². The van der Waals surface area contributed by atoms with Crippen LogP contribution in [0.5, 0.6) is 0 Å². The minimum atomic E-state index is -4.24. The summed E-state index contributed by atoms with van der Waals surface area (Å²) < 4.78 is 43.0. The molecule has 1 saturated heterocycles. The third-order valence-corrected chi connectivity index (χ3v) is 3.82. The molecule has 122 valence electrons. The SMILES string of the molecule is Cc1coc(CC(=O)O)c1C(=O)N1CCC(C(F)(F)F)CC1. The van der Waals surface area contributed by atoms with Crippen LogP contribution in [0.2, 0.25) is 0 Å². The van der Waals surface area contributed by atoms with Crippen molar-refractivity contribution in [2.75, 3.05) is 13.1 Å². The maximum absolute atomic E-state index is 12.6. The van der Waals surface area contributed by atoms with Gasteiger partial charge < -0.3 is 14.4 Å². The summed E-state index contributed by atoms with van der Waals surface area (Å²) in [6, 6.07) is 0. The molecule has 0 unspecified atom stereocenters. The predicted octanol–water partition coefficient (Wildman–Crippen LogP) is 2.63. The number of hydrogen-bond acceptors (Lipinski definition) is 3. The quantitative estimate of drug-likeness (QED) is 0.930. The van der Waals surface area contributed by atoms with Crippen LogP contribution in [-0.4, -0.2) is 41.1 Å². The Kier molecular flexibility index (Phi) is 4.48. The summed E-state index contributed by atoms with van der Waals surface area (Å²) in [7, 11) is 0. The lowest BCUT2D eigenvalue weighted by molar-refractivity contribution is -0.183. The minimum Gasteiger partial charge on any atom is -0.481 e. The molecule has 2 rings (SSSR count). The summed E-state index contributed by atoms with van der Waals surface area (Å²) in [6.45, 7) is 1.60. The van der Waals surface area contributed by atoms with Gasteiger partial charge in [-0.05, 0) is 19.8 Å². The fourth-order valence-electron chi connectivity index (χ4n) is 2.62. The van der Waals surface area contributed by atoms with Crippen molar-refractivity contribution in [3.63, 3.8) is 0 Å². The monoisotopic (exact) mass is 319 g/mol. The van der Waals surface area contributed by atoms with Crippen LogP contribution < -0.4 is 0 Å². The highest BCUT2D eigenvalue weighted by molar-refractivity contribution is 5.97. The van der Waals surface area contributed by atoms with Gasteiger partial charge in [0.15, 0.2) is 0 Å². The van der Waals surface area contributed by atoms with E-state index in [2.05, 4.69) is 0 Å². The molecule has 0 aromatic carbocycles. The number of hydrogen-bond donors (Lipinski definition) is 1. The molecule has 1 aliphatic heterocycles. The van der Waals surface area contributed by atoms with Crippen molar-refractivity contribution in [3.8, 4) is 0 Å². The number of likely N-dealkylation sites (tertiary alicyclic amines) is 1. The van der Waals surface area contributed by atoms with Crippen molar-refractivity contribution in [1.29, 1.82) is 0 Å². The highest BCUT2D eigenvalue weighted by Crippen LogP contribution is 2.34. The van der Waals surface area contributed by atoms with Gasteiger partial charge in [-0.25, -0.2) is 0 Å². The molecule has 22 heavy (non-hydrogen) atoms. The molecule has 1 N–H and O–H groups in total. The molecule has 0 radical (unpaired) electrons. The Morgan fingerprint density at radius 1 is 1.36 bits per heavy atom. The summed E-state index contributed by atoms with van der Waals surface area (Å²) in [4.78, 5) is 24.5. The van der Waals surface area contributed by atoms with E-state index in [0.29, 0.717) is 5.56 Å². The largest absolute Gasteiger partial charge is 0.481 e. The zero-order chi connectivity index (χ0) is 16.5. The molecule has 0 aliphatic carbocycles. The summed E-state index contributed by atoms with van der Waals surface area (Å²) in [5.74, 6) is -2.96. The molecule has 5 nitrogen and oxygen atoms in total. The van der Waals surface area contributed by atoms with Crippen molar-refractivity contribution < 1.29 is 32.3 Å². The number of amides is 1. The molecule has 8 heteroatoms. The molecule has 0 spiro atoms. The first-order valence-electron chi connectivity index (χ1n) is 6.85. The first kappa shape index (κ1) is 16.4. The van der Waals surface area contributed by atoms with Gasteiger partial charge in [0.25, 0.3) is 5.91 Å². The lowest BCUT2D eigenvalue weighted by Crippen LogP contribution is -2.42. The third kappa shape index (κ3) is 3.42. The summed E-state index contributed by atoms with van der Waals surface area (Å²) in [5.41, 5.74) is 0.632. The Morgan fingerprint density at radius 2 is 1.95 bits per heavy atom. The maximum atomic E-state index is 12.6. The molecule has 1 fully saturated rings. The van der Waals surface area contributed by atoms with Crippen LogP contribution in [-0.2, 0) is 11.2 Å². The molecule has 0 atom stereocenters. The van der Waals surface area contributed by atoms with E-state index in [0.717, 1.165) is 0 Å². The second-order valence-corrected chi connectivity index (χ2v) is 5.40. The Balaban J connectivity index is 2.10. The zero-order valence-electron chi connectivity index (χ0n) is 11.9. The Morgan fingerprint density at radius 3 is 2.45 bits per heavy atom. The van der Waals surface area contributed by atoms with E-state index in [9.17, 15) is 22.8 Å². The standard InChI is InChI=1S/C14H16F3NO4/c1-8-7-22-10(6-11(19)20)12(8)13(21)18-4-2-9(3-5-18)14(15,16)17/h7,9H,2-6H2,1H3,(H,19,20). The van der Waals surface area contributed by atoms with Crippen LogP contribution in [0.15, 0.2) is 10.7 Å². The molecular formula is C14H16F3NO4. The topological polar surface area (TPSA) is 70.7 Å². The number of carboxylic acid groups (broad SMARTS) is 1. The fraction of sp³-hybridized carbons (Fsp3) is 0.571. The van der Waals surface area contributed by atoms with Gasteiger partial charge in [-0.2, -0.15) is 13.2 Å². The van der Waals surface area contributed by atoms with Crippen LogP contribution in [0.25, 0.3) is 0 Å². The number of furan rings is 1. The lowest BCUT2D eigenvalue weighted by Gasteiger charge is -2.33. The van der Waals surface area contributed by atoms with Crippen molar-refractivity contribution in [1.82, 2.24) is 4.90 Å². The number of aliphatic carboxylic acids is 1. The van der Waals surface area contributed by atoms with E-state index in [1.807, 2.05) is 0 Å². The van der Waals surface area contributed by atoms with E-state index in [1.165, 1.54) is 11.2 Å². The molecule has 0 bridgehead atoms. The van der Waals surface area contributed by atoms with Crippen LogP contribution in [0.4, 0.5) is 13.2 Å². The van der Waals surface area contributed by atoms with Crippen LogP contribution >= 0.6 is 0 Å². The lowest BCUT2D eigenvalue weighted by atomic mass is 9.95. The third-order valence-electron chi connectivity index (χ3n) is 3.82. The smallest absolute Gasteiger partial charge is 0.391 e. The number of nitrogens with zero attached hydrogens (tertiary/aromatic N) is 1. The molecule has 1 aromatic heterocycles. The molecule has 2 heterocycles. The van der Waals surface area contributed by atoms with Crippen LogP contribution in [0.1, 0.15) is 34.5 Å². The summed E-state index contributed by atoms with van der Waals surface area (Å²) in [6.07, 6.45) is -3.67. The van der Waals surface area contributed by atoms with Gasteiger partial charge in [-0.1, -0.05) is 0 Å². The van der Waals surface area contributed by atoms with Gasteiger partial charge in [0.1, 0.15) is 12.2 Å². The minimum absolute atomic E-state index is 0.000140. The zero-order valence-corrected chi connectivity index (χ0v) is 11.9. The van der Waals surface area contributed by atoms with E-state index in [4.69, 9.17) is 9.52 Å². The Bertz CT molecular complexity index is 571. The summed E-state index contributed by atoms with van der Waals surface area (Å²) >= 11 is 0. The first-order valence-corrected chi connectivity index (χ1v) is 6.85. The van der Waals surface area contributed by atoms with Crippen molar-refractivity contribution >= 4 is 11.9 Å². The highest BCUT2D eigenvalue weighted by Gasteiger charge is 2.42. The predicted molar refractivity (Wildman–Crippen MR) is 69.5 cm³/mol. The van der Waals surface area contributed by atoms with Gasteiger partial charge >= 0.3 is 12.1 Å². The highest BCUT2D eigenvalue weighted by atomic mass is 19.4. The van der Waals surface area contributed by atoms with Crippen molar-refractivity contribution in [3.05, 3.63) is 23.2 Å². The van der Waals surface area contributed by atoms with Gasteiger partial charge in [-0.3, -0.25) is 9.59 Å². The molecule has 1 aromatic rings. The van der Waals surface area contributed by atoms with E-state index in [1.54, 1.807) is 6.92 Å². The second kappa shape index (κ2) is 6.02. The molecule has 1 aliphatic rings. The first-order chi connectivity index (χ1) is 10.2. The van der Waals surface area contributed by atoms with Gasteiger partial charge in [0.05, 0.1) is 17.7 Å². The normalized spacial score (nSPS) is 16.8. The number of piperidine rings is 1. The number of aryl methyl sites for hydroxylation is 1. The van der Waals surface area contributed by atoms with E-state index < -0.39 is 30.4 Å². The average Bonchev–Trinajstić information content (AvgIpc) is 2.77. The van der Waals surface area contributed by atoms with Gasteiger partial charge in [-0.15, -0.1) is 0 Å². The molecular weight excluding hydrogens is 303 g/mol. The van der Waals surface area contributed by atoms with Gasteiger partial charge in [0.2, 0.25) is 0 Å². The van der Waals surface area contributed by atoms with Crippen molar-refractivity contribution in [2.24, 2.45) is 5.92 Å². The Hall–Kier alpha value is -1.99. The fourth-order valence-corrected chi connectivity index (χ4v) is 2.62. The Labute approximate surface area is 124 Å². The van der Waals surface area contributed by atoms with Crippen LogP contribution in [0, 0.1) is 12.8 Å². The van der Waals surface area contributed by atoms with E-state index in [-0.39, 0.29) is 37.3 Å². The number of alkyl halides is 3. The summed E-state index contributed by atoms with van der Waals surface area (Å²) in [5, 5.41) is 8.81. The van der Waals surface area contributed by atoms with E-state index >= 15 is 0 Å². The molecule has 1 amide bonds. The second-order valence-electron chi connectivity index (χ2n) is 5.40. The van der Waals surface area contributed by atoms with Gasteiger partial charge in [0, 0.05) is 18.7 Å². The average molecular weight is 319 g/mol. The number of halogens is 3. The maximum Gasteiger partial charge on any atom is 0.391 e. The number of carbonyl (C=O) groups excluding carboxylic acids is 1.